The van der Waals surface area contributed by atoms with Crippen molar-refractivity contribution in [2.24, 2.45) is 0 Å². The van der Waals surface area contributed by atoms with Gasteiger partial charge in [0.1, 0.15) is 5.54 Å². The van der Waals surface area contributed by atoms with Crippen LogP contribution in [0.25, 0.3) is 0 Å². The van der Waals surface area contributed by atoms with Crippen LogP contribution in [0.3, 0.4) is 0 Å². The van der Waals surface area contributed by atoms with Crippen molar-refractivity contribution >= 4 is 18.5 Å². The Bertz CT molecular complexity index is 612. The van der Waals surface area contributed by atoms with Gasteiger partial charge in [-0.1, -0.05) is 29.8 Å². The zero-order chi connectivity index (χ0) is 19.2. The van der Waals surface area contributed by atoms with Crippen LogP contribution in [-0.4, -0.2) is 35.7 Å². The second-order valence-electron chi connectivity index (χ2n) is 6.47. The Labute approximate surface area is 148 Å². The molecule has 7 nitrogen and oxygen atoms in total. The van der Waals surface area contributed by atoms with Gasteiger partial charge in [0, 0.05) is 0 Å². The third-order valence-corrected chi connectivity index (χ3v) is 3.39. The molecule has 0 saturated carbocycles. The van der Waals surface area contributed by atoms with Crippen molar-refractivity contribution in [3.63, 3.8) is 0 Å². The van der Waals surface area contributed by atoms with Crippen molar-refractivity contribution in [1.29, 1.82) is 0 Å². The molecular weight excluding hydrogens is 324 g/mol. The third kappa shape index (κ3) is 5.48. The topological polar surface area (TPSA) is 84.9 Å². The molecule has 1 aromatic carbocycles. The van der Waals surface area contributed by atoms with Gasteiger partial charge in [-0.3, -0.25) is 0 Å². The average molecular weight is 350 g/mol. The predicted octanol–water partition coefficient (Wildman–Crippen LogP) is 3.31. The maximum atomic E-state index is 12.5. The first-order valence-corrected chi connectivity index (χ1v) is 8.11. The summed E-state index contributed by atoms with van der Waals surface area (Å²) < 4.78 is 10.2. The first-order valence-electron chi connectivity index (χ1n) is 8.11. The molecule has 1 atom stereocenters. The summed E-state index contributed by atoms with van der Waals surface area (Å²) in [5, 5.41) is 0.857. The van der Waals surface area contributed by atoms with Crippen molar-refractivity contribution in [1.82, 2.24) is 10.4 Å². The van der Waals surface area contributed by atoms with E-state index in [2.05, 4.69) is 5.43 Å². The summed E-state index contributed by atoms with van der Waals surface area (Å²) in [6, 6.07) is 7.06. The highest BCUT2D eigenvalue weighted by Gasteiger charge is 2.40. The molecule has 0 spiro atoms. The summed E-state index contributed by atoms with van der Waals surface area (Å²) in [6.07, 6.45) is -1.94. The Morgan fingerprint density at radius 3 is 2.04 bits per heavy atom. The fourth-order valence-corrected chi connectivity index (χ4v) is 2.08. The fraction of sp³-hybridized carbons (Fsp3) is 0.500. The Balaban J connectivity index is 3.25. The van der Waals surface area contributed by atoms with Crippen LogP contribution >= 0.6 is 0 Å². The molecule has 0 aliphatic carbocycles. The number of carbonyl (C=O) groups is 3. The normalized spacial score (nSPS) is 13.1. The number of amides is 2. The zero-order valence-electron chi connectivity index (χ0n) is 15.5. The van der Waals surface area contributed by atoms with Crippen LogP contribution in [0.2, 0.25) is 0 Å². The molecule has 138 valence electrons. The van der Waals surface area contributed by atoms with Gasteiger partial charge in [-0.15, -0.1) is 0 Å². The number of benzene rings is 1. The number of rotatable bonds is 5. The first-order chi connectivity index (χ1) is 11.6. The van der Waals surface area contributed by atoms with E-state index in [4.69, 9.17) is 9.47 Å². The minimum Gasteiger partial charge on any atom is -0.446 e. The zero-order valence-corrected chi connectivity index (χ0v) is 15.5. The molecule has 25 heavy (non-hydrogen) atoms. The van der Waals surface area contributed by atoms with Gasteiger partial charge >= 0.3 is 12.2 Å². The summed E-state index contributed by atoms with van der Waals surface area (Å²) in [5.74, 6) is 0. The number of aldehydes is 1. The minimum atomic E-state index is -1.46. The van der Waals surface area contributed by atoms with Crippen molar-refractivity contribution in [2.45, 2.75) is 59.3 Å². The SMILES string of the molecule is Cc1ccc(C(C)(C=O)N(NC(=O)OC(C)C)C(=O)OC(C)C)cc1. The number of ether oxygens (including phenoxy) is 2. The van der Waals surface area contributed by atoms with Crippen LogP contribution in [0.1, 0.15) is 45.7 Å². The lowest BCUT2D eigenvalue weighted by Gasteiger charge is -2.36. The van der Waals surface area contributed by atoms with Crippen LogP contribution in [-0.2, 0) is 19.8 Å². The smallest absolute Gasteiger partial charge is 0.430 e. The monoisotopic (exact) mass is 350 g/mol. The van der Waals surface area contributed by atoms with E-state index < -0.39 is 23.8 Å². The number of aryl methyl sites for hydroxylation is 1. The maximum Gasteiger partial charge on any atom is 0.430 e. The molecule has 0 aliphatic rings. The number of carbonyl (C=O) groups excluding carboxylic acids is 3. The quantitative estimate of drug-likeness (QED) is 0.650. The molecule has 0 fully saturated rings. The van der Waals surface area contributed by atoms with Crippen LogP contribution in [0.15, 0.2) is 24.3 Å². The van der Waals surface area contributed by atoms with E-state index in [1.54, 1.807) is 39.8 Å². The van der Waals surface area contributed by atoms with Crippen LogP contribution in [0.4, 0.5) is 9.59 Å². The molecule has 7 heteroatoms. The molecule has 0 radical (unpaired) electrons. The summed E-state index contributed by atoms with van der Waals surface area (Å²) >= 11 is 0. The molecule has 0 saturated heterocycles. The van der Waals surface area contributed by atoms with Crippen LogP contribution < -0.4 is 5.43 Å². The second kappa shape index (κ2) is 8.50. The molecule has 1 rings (SSSR count). The van der Waals surface area contributed by atoms with Crippen molar-refractivity contribution in [3.8, 4) is 0 Å². The van der Waals surface area contributed by atoms with Gasteiger partial charge in [0.05, 0.1) is 12.2 Å². The second-order valence-corrected chi connectivity index (χ2v) is 6.47. The Kier molecular flexibility index (Phi) is 6.97. The van der Waals surface area contributed by atoms with E-state index in [1.165, 1.54) is 6.92 Å². The lowest BCUT2D eigenvalue weighted by molar-refractivity contribution is -0.119. The highest BCUT2D eigenvalue weighted by Crippen LogP contribution is 2.26. The van der Waals surface area contributed by atoms with Gasteiger partial charge in [0.2, 0.25) is 0 Å². The summed E-state index contributed by atoms with van der Waals surface area (Å²) in [5.41, 5.74) is 2.39. The van der Waals surface area contributed by atoms with E-state index >= 15 is 0 Å². The van der Waals surface area contributed by atoms with E-state index in [0.717, 1.165) is 10.6 Å². The molecule has 1 aromatic rings. The van der Waals surface area contributed by atoms with Crippen molar-refractivity contribution < 1.29 is 23.9 Å². The summed E-state index contributed by atoms with van der Waals surface area (Å²) in [4.78, 5) is 36.4. The molecular formula is C18H26N2O5. The average Bonchev–Trinajstić information content (AvgIpc) is 2.51. The summed E-state index contributed by atoms with van der Waals surface area (Å²) in [6.45, 7) is 10.1. The first kappa shape index (κ1) is 20.5. The van der Waals surface area contributed by atoms with Gasteiger partial charge in [0.25, 0.3) is 0 Å². The number of nitrogens with zero attached hydrogens (tertiary/aromatic N) is 1. The number of hydrazine groups is 1. The van der Waals surface area contributed by atoms with E-state index in [9.17, 15) is 14.4 Å². The Morgan fingerprint density at radius 2 is 1.60 bits per heavy atom. The largest absolute Gasteiger partial charge is 0.446 e. The minimum absolute atomic E-state index is 0.384. The highest BCUT2D eigenvalue weighted by atomic mass is 16.6. The predicted molar refractivity (Wildman–Crippen MR) is 92.8 cm³/mol. The Hall–Kier alpha value is -2.57. The molecule has 1 N–H and O–H groups in total. The van der Waals surface area contributed by atoms with Crippen LogP contribution in [0, 0.1) is 6.92 Å². The van der Waals surface area contributed by atoms with E-state index in [-0.39, 0.29) is 6.10 Å². The molecule has 2 amide bonds. The van der Waals surface area contributed by atoms with Gasteiger partial charge in [-0.2, -0.15) is 5.01 Å². The van der Waals surface area contributed by atoms with E-state index in [1.807, 2.05) is 19.1 Å². The number of hydrogen-bond donors (Lipinski definition) is 1. The molecule has 0 heterocycles. The van der Waals surface area contributed by atoms with Gasteiger partial charge in [0.15, 0.2) is 6.29 Å². The third-order valence-electron chi connectivity index (χ3n) is 3.39. The molecule has 0 bridgehead atoms. The van der Waals surface area contributed by atoms with Crippen molar-refractivity contribution in [2.75, 3.05) is 0 Å². The standard InChI is InChI=1S/C18H26N2O5/c1-12(2)24-16(22)19-20(17(23)25-13(3)4)18(6,11-21)15-9-7-14(5)8-10-15/h7-13H,1-6H3,(H,19,22). The van der Waals surface area contributed by atoms with Gasteiger partial charge in [-0.05, 0) is 47.1 Å². The van der Waals surface area contributed by atoms with Gasteiger partial charge < -0.3 is 14.3 Å². The lowest BCUT2D eigenvalue weighted by Crippen LogP contribution is -2.58. The fourth-order valence-electron chi connectivity index (χ4n) is 2.08. The van der Waals surface area contributed by atoms with Crippen LogP contribution in [0.5, 0.6) is 0 Å². The van der Waals surface area contributed by atoms with E-state index in [0.29, 0.717) is 11.8 Å². The number of nitrogens with one attached hydrogen (secondary N) is 1. The molecule has 1 unspecified atom stereocenters. The van der Waals surface area contributed by atoms with Crippen molar-refractivity contribution in [3.05, 3.63) is 35.4 Å². The Morgan fingerprint density at radius 1 is 1.08 bits per heavy atom. The number of hydrogen-bond acceptors (Lipinski definition) is 5. The summed E-state index contributed by atoms with van der Waals surface area (Å²) in [7, 11) is 0. The maximum absolute atomic E-state index is 12.5. The molecule has 0 aromatic heterocycles. The lowest BCUT2D eigenvalue weighted by atomic mass is 9.92. The molecule has 0 aliphatic heterocycles. The highest BCUT2D eigenvalue weighted by molar-refractivity contribution is 5.80. The van der Waals surface area contributed by atoms with Gasteiger partial charge in [-0.25, -0.2) is 15.0 Å².